The maximum Gasteiger partial charge on any atom is 0.305 e. The van der Waals surface area contributed by atoms with Crippen LogP contribution in [0.15, 0.2) is 12.1 Å². The molecule has 0 aliphatic rings. The first kappa shape index (κ1) is 17.2. The van der Waals surface area contributed by atoms with Gasteiger partial charge in [-0.2, -0.15) is 0 Å². The van der Waals surface area contributed by atoms with Gasteiger partial charge in [0, 0.05) is 17.7 Å². The number of carbonyl (C=O) groups is 2. The molecule has 0 heterocycles. The van der Waals surface area contributed by atoms with E-state index in [1.165, 1.54) is 13.8 Å². The number of amides is 1. The molecule has 1 amide bonds. The minimum Gasteiger partial charge on any atom is -0.481 e. The quantitative estimate of drug-likeness (QED) is 0.635. The predicted molar refractivity (Wildman–Crippen MR) is 76.9 cm³/mol. The topological polar surface area (TPSA) is 110 Å². The molecule has 0 unspecified atom stereocenters. The Kier molecular flexibility index (Phi) is 5.14. The van der Waals surface area contributed by atoms with Crippen LogP contribution in [0.25, 0.3) is 0 Å². The summed E-state index contributed by atoms with van der Waals surface area (Å²) in [5, 5.41) is 21.7. The molecule has 21 heavy (non-hydrogen) atoms. The third-order valence-corrected chi connectivity index (χ3v) is 3.32. The molecule has 2 N–H and O–H groups in total. The van der Waals surface area contributed by atoms with Gasteiger partial charge in [-0.3, -0.25) is 19.7 Å². The number of carboxylic acids is 1. The van der Waals surface area contributed by atoms with Gasteiger partial charge in [-0.05, 0) is 13.8 Å². The zero-order valence-electron chi connectivity index (χ0n) is 11.1. The van der Waals surface area contributed by atoms with Gasteiger partial charge in [-0.15, -0.1) is 0 Å². The summed E-state index contributed by atoms with van der Waals surface area (Å²) in [5.41, 5.74) is -1.62. The highest BCUT2D eigenvalue weighted by Gasteiger charge is 2.27. The average molecular weight is 335 g/mol. The largest absolute Gasteiger partial charge is 0.481 e. The Morgan fingerprint density at radius 3 is 2.43 bits per heavy atom. The van der Waals surface area contributed by atoms with Crippen molar-refractivity contribution in [1.82, 2.24) is 5.32 Å². The number of benzene rings is 1. The van der Waals surface area contributed by atoms with Gasteiger partial charge in [-0.25, -0.2) is 0 Å². The fourth-order valence-electron chi connectivity index (χ4n) is 1.64. The van der Waals surface area contributed by atoms with E-state index < -0.39 is 22.3 Å². The molecular weight excluding hydrogens is 323 g/mol. The molecule has 0 saturated carbocycles. The minimum atomic E-state index is -1.09. The first-order valence-corrected chi connectivity index (χ1v) is 6.47. The van der Waals surface area contributed by atoms with Crippen LogP contribution in [0.5, 0.6) is 0 Å². The number of hydrogen-bond donors (Lipinski definition) is 2. The van der Waals surface area contributed by atoms with Crippen LogP contribution in [0.4, 0.5) is 5.69 Å². The van der Waals surface area contributed by atoms with Crippen molar-refractivity contribution in [3.63, 3.8) is 0 Å². The number of nitro benzene ring substituents is 1. The van der Waals surface area contributed by atoms with E-state index in [1.807, 2.05) is 0 Å². The summed E-state index contributed by atoms with van der Waals surface area (Å²) in [6, 6.07) is 2.02. The zero-order valence-corrected chi connectivity index (χ0v) is 12.7. The maximum absolute atomic E-state index is 12.1. The molecule has 0 aromatic heterocycles. The summed E-state index contributed by atoms with van der Waals surface area (Å²) in [7, 11) is 0. The lowest BCUT2D eigenvalue weighted by Crippen LogP contribution is -2.45. The van der Waals surface area contributed by atoms with E-state index in [-0.39, 0.29) is 27.7 Å². The maximum atomic E-state index is 12.1. The Labute approximate surface area is 130 Å². The number of halogens is 2. The molecule has 1 aromatic carbocycles. The molecular formula is C12H12Cl2N2O5. The number of nitrogens with zero attached hydrogens (tertiary/aromatic N) is 1. The van der Waals surface area contributed by atoms with Crippen molar-refractivity contribution < 1.29 is 19.6 Å². The van der Waals surface area contributed by atoms with Crippen LogP contribution in [-0.4, -0.2) is 27.4 Å². The Bertz CT molecular complexity index is 616. The second-order valence-corrected chi connectivity index (χ2v) is 5.74. The Morgan fingerprint density at radius 1 is 1.38 bits per heavy atom. The van der Waals surface area contributed by atoms with E-state index in [0.717, 1.165) is 12.1 Å². The molecule has 0 radical (unpaired) electrons. The van der Waals surface area contributed by atoms with E-state index in [9.17, 15) is 19.7 Å². The number of aliphatic carboxylic acids is 1. The van der Waals surface area contributed by atoms with Crippen molar-refractivity contribution in [2.24, 2.45) is 0 Å². The zero-order chi connectivity index (χ0) is 16.4. The molecule has 0 aliphatic carbocycles. The monoisotopic (exact) mass is 334 g/mol. The standard InChI is InChI=1S/C12H12Cl2N2O5/c1-12(2,5-9(17)18)15-11(19)7-3-6(16(20)21)4-8(13)10(7)14/h3-4H,5H2,1-2H3,(H,15,19)(H,17,18). The Hall–Kier alpha value is -1.86. The van der Waals surface area contributed by atoms with Crippen molar-refractivity contribution >= 4 is 40.8 Å². The van der Waals surface area contributed by atoms with Gasteiger partial charge in [0.15, 0.2) is 0 Å². The molecule has 1 rings (SSSR count). The molecule has 9 heteroatoms. The van der Waals surface area contributed by atoms with Crippen LogP contribution >= 0.6 is 23.2 Å². The number of non-ortho nitro benzene ring substituents is 1. The lowest BCUT2D eigenvalue weighted by Gasteiger charge is -2.24. The third kappa shape index (κ3) is 4.57. The van der Waals surface area contributed by atoms with Gasteiger partial charge >= 0.3 is 5.97 Å². The molecule has 1 aromatic rings. The van der Waals surface area contributed by atoms with Crippen molar-refractivity contribution in [3.05, 3.63) is 37.9 Å². The molecule has 0 aliphatic heterocycles. The highest BCUT2D eigenvalue weighted by atomic mass is 35.5. The summed E-state index contributed by atoms with van der Waals surface area (Å²) in [4.78, 5) is 32.9. The van der Waals surface area contributed by atoms with Crippen LogP contribution in [-0.2, 0) is 4.79 Å². The van der Waals surface area contributed by atoms with E-state index >= 15 is 0 Å². The Balaban J connectivity index is 3.13. The molecule has 0 atom stereocenters. The fourth-order valence-corrected chi connectivity index (χ4v) is 2.05. The van der Waals surface area contributed by atoms with Crippen molar-refractivity contribution in [1.29, 1.82) is 0 Å². The molecule has 7 nitrogen and oxygen atoms in total. The predicted octanol–water partition coefficient (Wildman–Crippen LogP) is 2.88. The van der Waals surface area contributed by atoms with E-state index in [1.54, 1.807) is 0 Å². The second-order valence-electron chi connectivity index (χ2n) is 4.95. The lowest BCUT2D eigenvalue weighted by atomic mass is 10.00. The normalized spacial score (nSPS) is 11.0. The number of hydrogen-bond acceptors (Lipinski definition) is 4. The second kappa shape index (κ2) is 6.28. The van der Waals surface area contributed by atoms with Crippen LogP contribution in [0.2, 0.25) is 10.0 Å². The number of nitro groups is 1. The SMILES string of the molecule is CC(C)(CC(=O)O)NC(=O)c1cc([N+](=O)[O-])cc(Cl)c1Cl. The minimum absolute atomic E-state index is 0.132. The summed E-state index contributed by atoms with van der Waals surface area (Å²) >= 11 is 11.6. The van der Waals surface area contributed by atoms with E-state index in [2.05, 4.69) is 5.32 Å². The van der Waals surface area contributed by atoms with Gasteiger partial charge in [0.1, 0.15) is 0 Å². The average Bonchev–Trinajstić information content (AvgIpc) is 2.29. The molecule has 0 saturated heterocycles. The Morgan fingerprint density at radius 2 is 1.95 bits per heavy atom. The van der Waals surface area contributed by atoms with Crippen LogP contribution in [0, 0.1) is 10.1 Å². The lowest BCUT2D eigenvalue weighted by molar-refractivity contribution is -0.384. The molecule has 114 valence electrons. The van der Waals surface area contributed by atoms with Gasteiger partial charge in [0.05, 0.1) is 27.0 Å². The summed E-state index contributed by atoms with van der Waals surface area (Å²) in [5.74, 6) is -1.83. The van der Waals surface area contributed by atoms with Crippen molar-refractivity contribution in [3.8, 4) is 0 Å². The van der Waals surface area contributed by atoms with Gasteiger partial charge < -0.3 is 10.4 Å². The molecule has 0 fully saturated rings. The van der Waals surface area contributed by atoms with Gasteiger partial charge in [0.2, 0.25) is 0 Å². The highest BCUT2D eigenvalue weighted by Crippen LogP contribution is 2.31. The van der Waals surface area contributed by atoms with Crippen molar-refractivity contribution in [2.75, 3.05) is 0 Å². The van der Waals surface area contributed by atoms with E-state index in [4.69, 9.17) is 28.3 Å². The molecule has 0 bridgehead atoms. The van der Waals surface area contributed by atoms with Crippen LogP contribution < -0.4 is 5.32 Å². The van der Waals surface area contributed by atoms with Gasteiger partial charge in [-0.1, -0.05) is 23.2 Å². The van der Waals surface area contributed by atoms with Gasteiger partial charge in [0.25, 0.3) is 11.6 Å². The van der Waals surface area contributed by atoms with Crippen LogP contribution in [0.3, 0.4) is 0 Å². The summed E-state index contributed by atoms with van der Waals surface area (Å²) in [6.45, 7) is 3.01. The van der Waals surface area contributed by atoms with Crippen molar-refractivity contribution in [2.45, 2.75) is 25.8 Å². The first-order valence-electron chi connectivity index (χ1n) is 5.71. The fraction of sp³-hybridized carbons (Fsp3) is 0.333. The summed E-state index contributed by atoms with van der Waals surface area (Å²) in [6.07, 6.45) is -0.320. The smallest absolute Gasteiger partial charge is 0.305 e. The summed E-state index contributed by atoms with van der Waals surface area (Å²) < 4.78 is 0. The van der Waals surface area contributed by atoms with E-state index in [0.29, 0.717) is 0 Å². The number of nitrogens with one attached hydrogen (secondary N) is 1. The number of carboxylic acid groups (broad SMARTS) is 1. The number of rotatable bonds is 5. The third-order valence-electron chi connectivity index (χ3n) is 2.51. The van der Waals surface area contributed by atoms with Crippen LogP contribution in [0.1, 0.15) is 30.6 Å². The molecule has 0 spiro atoms. The highest BCUT2D eigenvalue weighted by molar-refractivity contribution is 6.44. The number of carbonyl (C=O) groups excluding carboxylic acids is 1. The first-order chi connectivity index (χ1) is 9.53.